The van der Waals surface area contributed by atoms with Crippen LogP contribution in [-0.4, -0.2) is 43.4 Å². The molecule has 0 unspecified atom stereocenters. The maximum absolute atomic E-state index is 12.9. The van der Waals surface area contributed by atoms with E-state index in [4.69, 9.17) is 4.98 Å². The van der Waals surface area contributed by atoms with Gasteiger partial charge in [-0.05, 0) is 50.5 Å². The largest absolute Gasteiger partial charge is 0.342 e. The molecule has 7 heteroatoms. The van der Waals surface area contributed by atoms with Gasteiger partial charge in [-0.15, -0.1) is 0 Å². The average molecular weight is 419 g/mol. The second kappa shape index (κ2) is 9.29. The average Bonchev–Trinajstić information content (AvgIpc) is 3.19. The molecule has 0 saturated carbocycles. The molecule has 3 aromatic rings. The van der Waals surface area contributed by atoms with E-state index in [0.717, 1.165) is 54.6 Å². The molecule has 0 aliphatic carbocycles. The van der Waals surface area contributed by atoms with Crippen molar-refractivity contribution in [1.82, 2.24) is 24.4 Å². The highest BCUT2D eigenvalue weighted by molar-refractivity contribution is 5.78. The SMILES string of the molecule is Cc1cccnc1Nc1cccc(C2CCN(C(=O)[C@H](C)Cn3ccnc3C)CC2)n1. The van der Waals surface area contributed by atoms with Gasteiger partial charge in [-0.1, -0.05) is 19.1 Å². The molecule has 7 nitrogen and oxygen atoms in total. The summed E-state index contributed by atoms with van der Waals surface area (Å²) in [6, 6.07) is 10.0. The molecular weight excluding hydrogens is 388 g/mol. The molecule has 1 saturated heterocycles. The Balaban J connectivity index is 1.35. The van der Waals surface area contributed by atoms with E-state index < -0.39 is 0 Å². The van der Waals surface area contributed by atoms with Crippen LogP contribution in [0.1, 0.15) is 42.8 Å². The third-order valence-electron chi connectivity index (χ3n) is 6.07. The van der Waals surface area contributed by atoms with Crippen LogP contribution in [0.4, 0.5) is 11.6 Å². The summed E-state index contributed by atoms with van der Waals surface area (Å²) in [4.78, 5) is 28.4. The van der Waals surface area contributed by atoms with E-state index in [9.17, 15) is 4.79 Å². The van der Waals surface area contributed by atoms with Gasteiger partial charge in [-0.2, -0.15) is 0 Å². The number of amides is 1. The van der Waals surface area contributed by atoms with Gasteiger partial charge in [0, 0.05) is 49.8 Å². The number of hydrogen-bond donors (Lipinski definition) is 1. The number of carbonyl (C=O) groups is 1. The maximum atomic E-state index is 12.9. The Bertz CT molecular complexity index is 1040. The Morgan fingerprint density at radius 2 is 1.94 bits per heavy atom. The van der Waals surface area contributed by atoms with Gasteiger partial charge in [-0.25, -0.2) is 15.0 Å². The zero-order valence-electron chi connectivity index (χ0n) is 18.5. The van der Waals surface area contributed by atoms with E-state index in [2.05, 4.69) is 21.4 Å². The van der Waals surface area contributed by atoms with E-state index >= 15 is 0 Å². The summed E-state index contributed by atoms with van der Waals surface area (Å²) in [5, 5.41) is 3.32. The molecule has 31 heavy (non-hydrogen) atoms. The first-order valence-electron chi connectivity index (χ1n) is 10.9. The predicted octanol–water partition coefficient (Wildman–Crippen LogP) is 4.08. The molecular formula is C24H30N6O. The monoisotopic (exact) mass is 418 g/mol. The topological polar surface area (TPSA) is 75.9 Å². The van der Waals surface area contributed by atoms with E-state index in [0.29, 0.717) is 12.5 Å². The molecule has 4 heterocycles. The highest BCUT2D eigenvalue weighted by Gasteiger charge is 2.27. The first-order chi connectivity index (χ1) is 15.0. The maximum Gasteiger partial charge on any atom is 0.227 e. The Morgan fingerprint density at radius 3 is 2.65 bits per heavy atom. The van der Waals surface area contributed by atoms with Gasteiger partial charge in [-0.3, -0.25) is 4.79 Å². The molecule has 0 radical (unpaired) electrons. The number of pyridine rings is 2. The van der Waals surface area contributed by atoms with Crippen LogP contribution >= 0.6 is 0 Å². The number of nitrogens with one attached hydrogen (secondary N) is 1. The van der Waals surface area contributed by atoms with Crippen molar-refractivity contribution in [2.45, 2.75) is 46.1 Å². The summed E-state index contributed by atoms with van der Waals surface area (Å²) in [6.07, 6.45) is 7.36. The van der Waals surface area contributed by atoms with Crippen molar-refractivity contribution in [3.8, 4) is 0 Å². The molecule has 1 amide bonds. The first-order valence-corrected chi connectivity index (χ1v) is 10.9. The summed E-state index contributed by atoms with van der Waals surface area (Å²) < 4.78 is 2.04. The molecule has 0 bridgehead atoms. The van der Waals surface area contributed by atoms with E-state index in [-0.39, 0.29) is 11.8 Å². The molecule has 0 aromatic carbocycles. The third kappa shape index (κ3) is 4.93. The Labute approximate surface area is 183 Å². The quantitative estimate of drug-likeness (QED) is 0.653. The van der Waals surface area contributed by atoms with Gasteiger partial charge >= 0.3 is 0 Å². The van der Waals surface area contributed by atoms with E-state index in [1.165, 1.54) is 0 Å². The number of hydrogen-bond acceptors (Lipinski definition) is 5. The number of nitrogens with zero attached hydrogens (tertiary/aromatic N) is 5. The molecule has 1 aliphatic rings. The Morgan fingerprint density at radius 1 is 1.13 bits per heavy atom. The second-order valence-electron chi connectivity index (χ2n) is 8.37. The number of carbonyl (C=O) groups excluding carboxylic acids is 1. The van der Waals surface area contributed by atoms with Crippen molar-refractivity contribution in [2.24, 2.45) is 5.92 Å². The summed E-state index contributed by atoms with van der Waals surface area (Å²) >= 11 is 0. The zero-order chi connectivity index (χ0) is 21.8. The van der Waals surface area contributed by atoms with Gasteiger partial charge in [0.25, 0.3) is 0 Å². The van der Waals surface area contributed by atoms with Crippen LogP contribution in [0, 0.1) is 19.8 Å². The number of piperidine rings is 1. The highest BCUT2D eigenvalue weighted by Crippen LogP contribution is 2.29. The van der Waals surface area contributed by atoms with Crippen LogP contribution in [0.15, 0.2) is 48.9 Å². The van der Waals surface area contributed by atoms with Crippen LogP contribution in [0.2, 0.25) is 0 Å². The van der Waals surface area contributed by atoms with Gasteiger partial charge in [0.15, 0.2) is 0 Å². The second-order valence-corrected chi connectivity index (χ2v) is 8.37. The summed E-state index contributed by atoms with van der Waals surface area (Å²) in [6.45, 7) is 8.22. The smallest absolute Gasteiger partial charge is 0.227 e. The number of likely N-dealkylation sites (tertiary alicyclic amines) is 1. The standard InChI is InChI=1S/C24H30N6O/c1-17-6-5-11-26-23(17)28-22-8-4-7-21(27-22)20-9-13-29(14-10-20)24(31)18(2)16-30-15-12-25-19(30)3/h4-8,11-12,15,18,20H,9-10,13-14,16H2,1-3H3,(H,26,27,28)/t18-/m1/s1. The minimum Gasteiger partial charge on any atom is -0.342 e. The summed E-state index contributed by atoms with van der Waals surface area (Å²) in [5.74, 6) is 3.11. The summed E-state index contributed by atoms with van der Waals surface area (Å²) in [5.41, 5.74) is 2.16. The minimum atomic E-state index is -0.0586. The lowest BCUT2D eigenvalue weighted by Gasteiger charge is -2.33. The fraction of sp³-hybridized carbons (Fsp3) is 0.417. The van der Waals surface area contributed by atoms with Crippen LogP contribution in [0.25, 0.3) is 0 Å². The van der Waals surface area contributed by atoms with Crippen molar-refractivity contribution in [3.05, 3.63) is 66.0 Å². The van der Waals surface area contributed by atoms with Crippen LogP contribution in [0.5, 0.6) is 0 Å². The number of aryl methyl sites for hydroxylation is 2. The lowest BCUT2D eigenvalue weighted by molar-refractivity contribution is -0.136. The third-order valence-corrected chi connectivity index (χ3v) is 6.07. The van der Waals surface area contributed by atoms with Crippen molar-refractivity contribution >= 4 is 17.5 Å². The predicted molar refractivity (Wildman–Crippen MR) is 121 cm³/mol. The molecule has 1 fully saturated rings. The molecule has 1 aliphatic heterocycles. The molecule has 0 spiro atoms. The van der Waals surface area contributed by atoms with Crippen LogP contribution in [-0.2, 0) is 11.3 Å². The Kier molecular flexibility index (Phi) is 6.30. The number of anilines is 2. The normalized spacial score (nSPS) is 15.6. The molecule has 1 N–H and O–H groups in total. The van der Waals surface area contributed by atoms with Crippen molar-refractivity contribution < 1.29 is 4.79 Å². The highest BCUT2D eigenvalue weighted by atomic mass is 16.2. The molecule has 1 atom stereocenters. The first kappa shape index (κ1) is 21.0. The van der Waals surface area contributed by atoms with Gasteiger partial charge in [0.05, 0.1) is 5.92 Å². The van der Waals surface area contributed by atoms with Gasteiger partial charge in [0.1, 0.15) is 17.5 Å². The van der Waals surface area contributed by atoms with Crippen molar-refractivity contribution in [3.63, 3.8) is 0 Å². The van der Waals surface area contributed by atoms with Crippen molar-refractivity contribution in [2.75, 3.05) is 18.4 Å². The molecule has 3 aromatic heterocycles. The number of aromatic nitrogens is 4. The fourth-order valence-corrected chi connectivity index (χ4v) is 4.16. The van der Waals surface area contributed by atoms with E-state index in [1.54, 1.807) is 12.4 Å². The lowest BCUT2D eigenvalue weighted by Crippen LogP contribution is -2.41. The minimum absolute atomic E-state index is 0.0586. The van der Waals surface area contributed by atoms with E-state index in [1.807, 2.05) is 60.7 Å². The summed E-state index contributed by atoms with van der Waals surface area (Å²) in [7, 11) is 0. The van der Waals surface area contributed by atoms with Gasteiger partial charge < -0.3 is 14.8 Å². The van der Waals surface area contributed by atoms with Crippen LogP contribution in [0.3, 0.4) is 0 Å². The van der Waals surface area contributed by atoms with Crippen LogP contribution < -0.4 is 5.32 Å². The fourth-order valence-electron chi connectivity index (χ4n) is 4.16. The number of rotatable bonds is 6. The number of imidazole rings is 1. The van der Waals surface area contributed by atoms with Gasteiger partial charge in [0.2, 0.25) is 5.91 Å². The molecule has 4 rings (SSSR count). The Hall–Kier alpha value is -3.22. The zero-order valence-corrected chi connectivity index (χ0v) is 18.5. The van der Waals surface area contributed by atoms with Crippen molar-refractivity contribution in [1.29, 1.82) is 0 Å². The molecule has 162 valence electrons. The lowest BCUT2D eigenvalue weighted by atomic mass is 9.92.